The van der Waals surface area contributed by atoms with Crippen LogP contribution in [0, 0.1) is 6.92 Å². The van der Waals surface area contributed by atoms with Gasteiger partial charge in [-0.3, -0.25) is 0 Å². The largest absolute Gasteiger partial charge is 0.496 e. The Bertz CT molecular complexity index is 1140. The van der Waals surface area contributed by atoms with Crippen LogP contribution in [-0.4, -0.2) is 31.0 Å². The maximum Gasteiger partial charge on any atom is 0.143 e. The van der Waals surface area contributed by atoms with Crippen LogP contribution in [0.5, 0.6) is 11.5 Å². The van der Waals surface area contributed by atoms with E-state index in [1.807, 2.05) is 60.4 Å². The van der Waals surface area contributed by atoms with Crippen LogP contribution in [-0.2, 0) is 0 Å². The van der Waals surface area contributed by atoms with Gasteiger partial charge in [-0.2, -0.15) is 0 Å². The van der Waals surface area contributed by atoms with Crippen molar-refractivity contribution in [3.8, 4) is 11.5 Å². The summed E-state index contributed by atoms with van der Waals surface area (Å²) in [6.07, 6.45) is 0. The van der Waals surface area contributed by atoms with Crippen LogP contribution < -0.4 is 14.4 Å². The molecule has 3 aromatic carbocycles. The predicted molar refractivity (Wildman–Crippen MR) is 113 cm³/mol. The number of hydrogen-bond acceptors (Lipinski definition) is 5. The van der Waals surface area contributed by atoms with Crippen molar-refractivity contribution in [1.82, 2.24) is 4.98 Å². The number of ether oxygens (including phenoxy) is 2. The Morgan fingerprint density at radius 2 is 1.64 bits per heavy atom. The average molecular weight is 374 g/mol. The molecule has 0 spiro atoms. The molecular formula is C23H22N2O3. The predicted octanol–water partition coefficient (Wildman–Crippen LogP) is 4.80. The van der Waals surface area contributed by atoms with Gasteiger partial charge in [0, 0.05) is 22.5 Å². The minimum Gasteiger partial charge on any atom is -0.496 e. The lowest BCUT2D eigenvalue weighted by molar-refractivity contribution is 0.303. The van der Waals surface area contributed by atoms with Crippen LogP contribution in [0.2, 0.25) is 0 Å². The first kappa shape index (κ1) is 18.1. The Kier molecular flexibility index (Phi) is 4.75. The van der Waals surface area contributed by atoms with Gasteiger partial charge in [-0.15, -0.1) is 0 Å². The highest BCUT2D eigenvalue weighted by Gasteiger charge is 2.18. The van der Waals surface area contributed by atoms with Gasteiger partial charge in [0.25, 0.3) is 0 Å². The summed E-state index contributed by atoms with van der Waals surface area (Å²) in [6, 6.07) is 19.7. The Hall–Kier alpha value is -3.31. The molecule has 1 heterocycles. The number of benzene rings is 3. The number of hydrogen-bond donors (Lipinski definition) is 1. The van der Waals surface area contributed by atoms with Crippen LogP contribution >= 0.6 is 0 Å². The second-order valence-corrected chi connectivity index (χ2v) is 6.59. The number of aromatic nitrogens is 1. The number of methoxy groups -OCH3 is 2. The molecule has 4 aromatic rings. The Balaban J connectivity index is 2.02. The van der Waals surface area contributed by atoms with Gasteiger partial charge in [0.15, 0.2) is 0 Å². The van der Waals surface area contributed by atoms with Crippen molar-refractivity contribution >= 4 is 33.2 Å². The van der Waals surface area contributed by atoms with Crippen LogP contribution in [0.4, 0.5) is 11.4 Å². The van der Waals surface area contributed by atoms with Crippen molar-refractivity contribution in [3.05, 3.63) is 66.2 Å². The fourth-order valence-corrected chi connectivity index (χ4v) is 3.57. The maximum absolute atomic E-state index is 10.2. The summed E-state index contributed by atoms with van der Waals surface area (Å²) in [5.41, 5.74) is 4.39. The van der Waals surface area contributed by atoms with Gasteiger partial charge in [-0.05, 0) is 48.9 Å². The Morgan fingerprint density at radius 3 is 2.32 bits per heavy atom. The number of pyridine rings is 1. The van der Waals surface area contributed by atoms with E-state index in [0.29, 0.717) is 5.75 Å². The second kappa shape index (κ2) is 7.37. The molecular weight excluding hydrogens is 352 g/mol. The summed E-state index contributed by atoms with van der Waals surface area (Å²) in [7, 11) is 3.30. The van der Waals surface area contributed by atoms with E-state index in [1.54, 1.807) is 14.2 Å². The first-order valence-corrected chi connectivity index (χ1v) is 9.06. The molecule has 0 aliphatic rings. The lowest BCUT2D eigenvalue weighted by Crippen LogP contribution is -2.19. The maximum atomic E-state index is 10.2. The lowest BCUT2D eigenvalue weighted by Gasteiger charge is -2.26. The van der Waals surface area contributed by atoms with Crippen LogP contribution in [0.3, 0.4) is 0 Å². The van der Waals surface area contributed by atoms with Crippen LogP contribution in [0.1, 0.15) is 5.56 Å². The van der Waals surface area contributed by atoms with Crippen molar-refractivity contribution in [3.63, 3.8) is 0 Å². The van der Waals surface area contributed by atoms with E-state index in [9.17, 15) is 5.11 Å². The fraction of sp³-hybridized carbons (Fsp3) is 0.174. The molecule has 0 fully saturated rings. The number of para-hydroxylation sites is 1. The summed E-state index contributed by atoms with van der Waals surface area (Å²) in [6.45, 7) is 1.83. The van der Waals surface area contributed by atoms with Crippen molar-refractivity contribution in [2.24, 2.45) is 0 Å². The monoisotopic (exact) mass is 374 g/mol. The first-order chi connectivity index (χ1) is 13.7. The minimum absolute atomic E-state index is 0.181. The quantitative estimate of drug-likeness (QED) is 0.402. The summed E-state index contributed by atoms with van der Waals surface area (Å²) < 4.78 is 11.1. The molecule has 5 heteroatoms. The minimum atomic E-state index is -0.181. The highest BCUT2D eigenvalue weighted by atomic mass is 16.5. The molecule has 0 radical (unpaired) electrons. The van der Waals surface area contributed by atoms with Gasteiger partial charge in [0.2, 0.25) is 0 Å². The van der Waals surface area contributed by atoms with E-state index in [0.717, 1.165) is 44.5 Å². The van der Waals surface area contributed by atoms with Crippen molar-refractivity contribution in [1.29, 1.82) is 0 Å². The second-order valence-electron chi connectivity index (χ2n) is 6.59. The number of aliphatic hydroxyl groups is 1. The highest BCUT2D eigenvalue weighted by molar-refractivity contribution is 6.03. The zero-order valence-electron chi connectivity index (χ0n) is 16.1. The fourth-order valence-electron chi connectivity index (χ4n) is 3.57. The normalized spacial score (nSPS) is 11.0. The Labute approximate surface area is 163 Å². The third-order valence-electron chi connectivity index (χ3n) is 4.94. The standard InChI is InChI=1S/C23H22N2O3/c1-15-11-16-12-18-19(24-20(16)13-22(15)28-3)9-10-21(27-2)23(18)25(14-26)17-7-5-4-6-8-17/h4-13,26H,14H2,1-3H3. The SMILES string of the molecule is COc1cc2nc3ccc(OC)c(N(CO)c4ccccc4)c3cc2cc1C. The number of rotatable bonds is 5. The topological polar surface area (TPSA) is 54.8 Å². The van der Waals surface area contributed by atoms with Gasteiger partial charge in [-0.1, -0.05) is 18.2 Å². The molecule has 142 valence electrons. The number of aliphatic hydroxyl groups excluding tert-OH is 1. The summed E-state index contributed by atoms with van der Waals surface area (Å²) >= 11 is 0. The smallest absolute Gasteiger partial charge is 0.143 e. The van der Waals surface area contributed by atoms with E-state index in [-0.39, 0.29) is 6.73 Å². The van der Waals surface area contributed by atoms with E-state index < -0.39 is 0 Å². The van der Waals surface area contributed by atoms with Gasteiger partial charge in [0.05, 0.1) is 30.9 Å². The molecule has 0 saturated heterocycles. The van der Waals surface area contributed by atoms with Crippen molar-refractivity contribution in [2.75, 3.05) is 25.9 Å². The van der Waals surface area contributed by atoms with Gasteiger partial charge < -0.3 is 19.5 Å². The average Bonchev–Trinajstić information content (AvgIpc) is 2.73. The van der Waals surface area contributed by atoms with E-state index in [2.05, 4.69) is 12.1 Å². The molecule has 28 heavy (non-hydrogen) atoms. The molecule has 0 unspecified atom stereocenters. The van der Waals surface area contributed by atoms with E-state index in [1.165, 1.54) is 0 Å². The van der Waals surface area contributed by atoms with Crippen LogP contribution in [0.25, 0.3) is 21.8 Å². The number of anilines is 2. The number of fused-ring (bicyclic) bond motifs is 2. The lowest BCUT2D eigenvalue weighted by atomic mass is 10.1. The molecule has 1 N–H and O–H groups in total. The number of aryl methyl sites for hydroxylation is 1. The summed E-state index contributed by atoms with van der Waals surface area (Å²) in [5, 5.41) is 12.1. The third-order valence-corrected chi connectivity index (χ3v) is 4.94. The molecule has 0 atom stereocenters. The van der Waals surface area contributed by atoms with Crippen molar-refractivity contribution in [2.45, 2.75) is 6.92 Å². The Morgan fingerprint density at radius 1 is 0.893 bits per heavy atom. The molecule has 0 aliphatic heterocycles. The third kappa shape index (κ3) is 3.00. The molecule has 0 saturated carbocycles. The zero-order chi connectivity index (χ0) is 19.7. The molecule has 0 bridgehead atoms. The molecule has 4 rings (SSSR count). The van der Waals surface area contributed by atoms with Crippen molar-refractivity contribution < 1.29 is 14.6 Å². The van der Waals surface area contributed by atoms with Gasteiger partial charge in [0.1, 0.15) is 18.2 Å². The highest BCUT2D eigenvalue weighted by Crippen LogP contribution is 2.40. The molecule has 5 nitrogen and oxygen atoms in total. The molecule has 0 amide bonds. The molecule has 0 aliphatic carbocycles. The van der Waals surface area contributed by atoms with E-state index >= 15 is 0 Å². The van der Waals surface area contributed by atoms with Gasteiger partial charge >= 0.3 is 0 Å². The first-order valence-electron chi connectivity index (χ1n) is 9.06. The van der Waals surface area contributed by atoms with E-state index in [4.69, 9.17) is 14.5 Å². The van der Waals surface area contributed by atoms with Gasteiger partial charge in [-0.25, -0.2) is 4.98 Å². The van der Waals surface area contributed by atoms with Crippen LogP contribution in [0.15, 0.2) is 60.7 Å². The summed E-state index contributed by atoms with van der Waals surface area (Å²) in [4.78, 5) is 6.65. The number of nitrogens with zero attached hydrogens (tertiary/aromatic N) is 2. The zero-order valence-corrected chi connectivity index (χ0v) is 16.1. The summed E-state index contributed by atoms with van der Waals surface area (Å²) in [5.74, 6) is 1.49. The molecule has 1 aromatic heterocycles.